The van der Waals surface area contributed by atoms with Gasteiger partial charge in [0.25, 0.3) is 0 Å². The summed E-state index contributed by atoms with van der Waals surface area (Å²) >= 11 is 0. The maximum Gasteiger partial charge on any atom is 0.418 e. The van der Waals surface area contributed by atoms with Gasteiger partial charge in [0.15, 0.2) is 0 Å². The lowest BCUT2D eigenvalue weighted by Crippen LogP contribution is -2.12. The highest BCUT2D eigenvalue weighted by molar-refractivity contribution is 5.52. The molecular weight excluding hydrogens is 231 g/mol. The van der Waals surface area contributed by atoms with Crippen molar-refractivity contribution in [2.24, 2.45) is 0 Å². The predicted molar refractivity (Wildman–Crippen MR) is 60.8 cm³/mol. The molecule has 2 nitrogen and oxygen atoms in total. The quantitative estimate of drug-likeness (QED) is 0.783. The Morgan fingerprint density at radius 3 is 2.53 bits per heavy atom. The maximum atomic E-state index is 12.6. The number of aliphatic hydroxyl groups is 1. The summed E-state index contributed by atoms with van der Waals surface area (Å²) in [5, 5.41) is 11.8. The second-order valence-corrected chi connectivity index (χ2v) is 3.96. The van der Waals surface area contributed by atoms with E-state index in [-0.39, 0.29) is 5.69 Å². The van der Waals surface area contributed by atoms with E-state index in [4.69, 9.17) is 5.11 Å². The highest BCUT2D eigenvalue weighted by atomic mass is 19.4. The molecule has 0 aliphatic rings. The highest BCUT2D eigenvalue weighted by Crippen LogP contribution is 2.34. The topological polar surface area (TPSA) is 32.3 Å². The van der Waals surface area contributed by atoms with E-state index in [1.165, 1.54) is 12.1 Å². The molecule has 0 saturated carbocycles. The van der Waals surface area contributed by atoms with E-state index in [1.54, 1.807) is 13.0 Å². The molecule has 0 fully saturated rings. The maximum absolute atomic E-state index is 12.6. The minimum atomic E-state index is -4.34. The van der Waals surface area contributed by atoms with Crippen LogP contribution in [0.1, 0.15) is 25.3 Å². The first kappa shape index (κ1) is 13.8. The van der Waals surface area contributed by atoms with Crippen LogP contribution in [0.4, 0.5) is 18.9 Å². The fraction of sp³-hybridized carbons (Fsp3) is 0.500. The van der Waals surface area contributed by atoms with Crippen LogP contribution in [0.15, 0.2) is 24.3 Å². The molecule has 1 rings (SSSR count). The van der Waals surface area contributed by atoms with Crippen LogP contribution in [0.5, 0.6) is 0 Å². The molecule has 1 aromatic rings. The number of halogens is 3. The Bertz CT molecular complexity index is 350. The van der Waals surface area contributed by atoms with Gasteiger partial charge in [-0.15, -0.1) is 0 Å². The molecule has 1 atom stereocenters. The summed E-state index contributed by atoms with van der Waals surface area (Å²) in [6, 6.07) is 5.39. The van der Waals surface area contributed by atoms with Gasteiger partial charge in [-0.3, -0.25) is 0 Å². The third-order valence-electron chi connectivity index (χ3n) is 2.35. The Balaban J connectivity index is 2.59. The number of hydrogen-bond acceptors (Lipinski definition) is 2. The van der Waals surface area contributed by atoms with Gasteiger partial charge in [-0.2, -0.15) is 13.2 Å². The smallest absolute Gasteiger partial charge is 0.393 e. The van der Waals surface area contributed by atoms with Crippen molar-refractivity contribution >= 4 is 5.69 Å². The van der Waals surface area contributed by atoms with E-state index in [0.717, 1.165) is 6.07 Å². The van der Waals surface area contributed by atoms with E-state index < -0.39 is 17.8 Å². The summed E-state index contributed by atoms with van der Waals surface area (Å²) in [6.07, 6.45) is -3.56. The molecule has 0 bridgehead atoms. The zero-order valence-electron chi connectivity index (χ0n) is 9.59. The molecule has 0 radical (unpaired) electrons. The second-order valence-electron chi connectivity index (χ2n) is 3.96. The molecule has 2 N–H and O–H groups in total. The Labute approximate surface area is 98.5 Å². The van der Waals surface area contributed by atoms with Crippen LogP contribution in [-0.2, 0) is 6.18 Å². The molecule has 1 aromatic carbocycles. The third-order valence-corrected chi connectivity index (χ3v) is 2.35. The average Bonchev–Trinajstić information content (AvgIpc) is 2.23. The van der Waals surface area contributed by atoms with Crippen molar-refractivity contribution in [2.45, 2.75) is 32.0 Å². The highest BCUT2D eigenvalue weighted by Gasteiger charge is 2.32. The van der Waals surface area contributed by atoms with Gasteiger partial charge in [0, 0.05) is 12.2 Å². The molecule has 0 aromatic heterocycles. The fourth-order valence-corrected chi connectivity index (χ4v) is 1.50. The summed E-state index contributed by atoms with van der Waals surface area (Å²) in [5.74, 6) is 0. The minimum absolute atomic E-state index is 0.0885. The first-order valence-electron chi connectivity index (χ1n) is 5.49. The largest absolute Gasteiger partial charge is 0.418 e. The van der Waals surface area contributed by atoms with E-state index in [1.807, 2.05) is 0 Å². The van der Waals surface area contributed by atoms with E-state index in [0.29, 0.717) is 19.4 Å². The van der Waals surface area contributed by atoms with Crippen molar-refractivity contribution in [1.82, 2.24) is 0 Å². The number of alkyl halides is 3. The van der Waals surface area contributed by atoms with Crippen LogP contribution in [0.3, 0.4) is 0 Å². The Kier molecular flexibility index (Phi) is 4.81. The van der Waals surface area contributed by atoms with Crippen LogP contribution in [0.2, 0.25) is 0 Å². The molecule has 96 valence electrons. The monoisotopic (exact) mass is 247 g/mol. The van der Waals surface area contributed by atoms with Crippen molar-refractivity contribution < 1.29 is 18.3 Å². The molecule has 0 amide bonds. The summed E-state index contributed by atoms with van der Waals surface area (Å²) < 4.78 is 37.8. The first-order valence-corrected chi connectivity index (χ1v) is 5.49. The van der Waals surface area contributed by atoms with Crippen LogP contribution in [0, 0.1) is 0 Å². The number of aliphatic hydroxyl groups excluding tert-OH is 1. The number of anilines is 1. The average molecular weight is 247 g/mol. The second kappa shape index (κ2) is 5.91. The molecule has 1 unspecified atom stereocenters. The van der Waals surface area contributed by atoms with Gasteiger partial charge in [0.1, 0.15) is 0 Å². The molecule has 17 heavy (non-hydrogen) atoms. The molecular formula is C12H16F3NO. The molecule has 0 heterocycles. The van der Waals surface area contributed by atoms with Crippen molar-refractivity contribution in [2.75, 3.05) is 11.9 Å². The third kappa shape index (κ3) is 4.65. The van der Waals surface area contributed by atoms with Crippen molar-refractivity contribution in [1.29, 1.82) is 0 Å². The number of rotatable bonds is 5. The lowest BCUT2D eigenvalue weighted by Gasteiger charge is -2.14. The molecule has 5 heteroatoms. The van der Waals surface area contributed by atoms with Gasteiger partial charge in [-0.25, -0.2) is 0 Å². The van der Waals surface area contributed by atoms with Gasteiger partial charge in [-0.1, -0.05) is 12.1 Å². The lowest BCUT2D eigenvalue weighted by molar-refractivity contribution is -0.136. The lowest BCUT2D eigenvalue weighted by atomic mass is 10.1. The zero-order chi connectivity index (χ0) is 12.9. The number of benzene rings is 1. The van der Waals surface area contributed by atoms with Gasteiger partial charge < -0.3 is 10.4 Å². The molecule has 0 aliphatic heterocycles. The van der Waals surface area contributed by atoms with Crippen LogP contribution in [0.25, 0.3) is 0 Å². The van der Waals surface area contributed by atoms with Crippen LogP contribution in [-0.4, -0.2) is 17.8 Å². The van der Waals surface area contributed by atoms with Crippen molar-refractivity contribution in [3.63, 3.8) is 0 Å². The normalized spacial score (nSPS) is 13.5. The van der Waals surface area contributed by atoms with Crippen molar-refractivity contribution in [3.8, 4) is 0 Å². The van der Waals surface area contributed by atoms with Gasteiger partial charge in [0.05, 0.1) is 11.7 Å². The van der Waals surface area contributed by atoms with E-state index >= 15 is 0 Å². The fourth-order valence-electron chi connectivity index (χ4n) is 1.50. The standard InChI is InChI=1S/C12H16F3NO/c1-9(17)5-4-8-16-11-7-3-2-6-10(11)12(13,14)15/h2-3,6-7,9,16-17H,4-5,8H2,1H3. The number of para-hydroxylation sites is 1. The SMILES string of the molecule is CC(O)CCCNc1ccccc1C(F)(F)F. The van der Waals surface area contributed by atoms with Crippen molar-refractivity contribution in [3.05, 3.63) is 29.8 Å². The Morgan fingerprint density at radius 1 is 1.29 bits per heavy atom. The summed E-state index contributed by atoms with van der Waals surface area (Å²) in [4.78, 5) is 0. The van der Waals surface area contributed by atoms with Gasteiger partial charge in [0.2, 0.25) is 0 Å². The molecule has 0 saturated heterocycles. The number of nitrogens with one attached hydrogen (secondary N) is 1. The number of hydrogen-bond donors (Lipinski definition) is 2. The van der Waals surface area contributed by atoms with Crippen LogP contribution < -0.4 is 5.32 Å². The summed E-state index contributed by atoms with van der Waals surface area (Å²) in [7, 11) is 0. The van der Waals surface area contributed by atoms with Gasteiger partial charge >= 0.3 is 6.18 Å². The summed E-state index contributed by atoms with van der Waals surface area (Å²) in [6.45, 7) is 2.07. The Hall–Kier alpha value is -1.23. The Morgan fingerprint density at radius 2 is 1.94 bits per heavy atom. The zero-order valence-corrected chi connectivity index (χ0v) is 9.59. The predicted octanol–water partition coefficient (Wildman–Crippen LogP) is 3.28. The van der Waals surface area contributed by atoms with E-state index in [9.17, 15) is 13.2 Å². The summed E-state index contributed by atoms with van der Waals surface area (Å²) in [5.41, 5.74) is -0.567. The van der Waals surface area contributed by atoms with Gasteiger partial charge in [-0.05, 0) is 31.9 Å². The molecule has 0 aliphatic carbocycles. The van der Waals surface area contributed by atoms with E-state index in [2.05, 4.69) is 5.32 Å². The minimum Gasteiger partial charge on any atom is -0.393 e. The van der Waals surface area contributed by atoms with Crippen LogP contribution >= 0.6 is 0 Å². The first-order chi connectivity index (χ1) is 7.91. The molecule has 0 spiro atoms.